The second-order valence-electron chi connectivity index (χ2n) is 7.97. The van der Waals surface area contributed by atoms with Crippen LogP contribution in [0.3, 0.4) is 0 Å². The Morgan fingerprint density at radius 1 is 0.786 bits per heavy atom. The zero-order chi connectivity index (χ0) is 20.7. The third-order valence-electron chi connectivity index (χ3n) is 5.26. The first-order chi connectivity index (χ1) is 13.3. The molecule has 0 heterocycles. The smallest absolute Gasteiger partial charge is 0.190 e. The van der Waals surface area contributed by atoms with E-state index >= 15 is 0 Å². The fraction of sp³-hybridized carbons (Fsp3) is 0.385. The van der Waals surface area contributed by atoms with Gasteiger partial charge in [0, 0.05) is 22.3 Å². The van der Waals surface area contributed by atoms with Crippen LogP contribution in [-0.4, -0.2) is 11.6 Å². The molecule has 0 aromatic heterocycles. The molecule has 1 aromatic carbocycles. The maximum absolute atomic E-state index is 12.8. The molecule has 148 valence electrons. The van der Waals surface area contributed by atoms with E-state index in [2.05, 4.69) is 45.9 Å². The molecule has 0 radical (unpaired) electrons. The van der Waals surface area contributed by atoms with Gasteiger partial charge in [-0.15, -0.1) is 0 Å². The van der Waals surface area contributed by atoms with E-state index in [0.29, 0.717) is 28.7 Å². The Hall–Kier alpha value is -2.48. The van der Waals surface area contributed by atoms with Crippen molar-refractivity contribution in [3.05, 3.63) is 81.5 Å². The first-order valence-electron chi connectivity index (χ1n) is 10.1. The van der Waals surface area contributed by atoms with Crippen LogP contribution >= 0.6 is 0 Å². The lowest BCUT2D eigenvalue weighted by Gasteiger charge is -2.18. The zero-order valence-corrected chi connectivity index (χ0v) is 17.9. The molecule has 1 aromatic rings. The minimum Gasteiger partial charge on any atom is -0.289 e. The van der Waals surface area contributed by atoms with Crippen molar-refractivity contribution < 1.29 is 9.59 Å². The van der Waals surface area contributed by atoms with E-state index in [-0.39, 0.29) is 11.6 Å². The first kappa shape index (κ1) is 21.8. The molecule has 2 rings (SSSR count). The number of carbonyl (C=O) groups is 2. The molecular formula is C26H32O2. The summed E-state index contributed by atoms with van der Waals surface area (Å²) in [4.78, 5) is 25.3. The maximum Gasteiger partial charge on any atom is 0.190 e. The van der Waals surface area contributed by atoms with Crippen LogP contribution in [0.5, 0.6) is 0 Å². The van der Waals surface area contributed by atoms with Crippen molar-refractivity contribution in [1.82, 2.24) is 0 Å². The summed E-state index contributed by atoms with van der Waals surface area (Å²) in [6.07, 6.45) is 11.4. The summed E-state index contributed by atoms with van der Waals surface area (Å²) in [5.74, 6) is -0.0297. The highest BCUT2D eigenvalue weighted by atomic mass is 16.1. The Kier molecular flexibility index (Phi) is 7.92. The van der Waals surface area contributed by atoms with E-state index in [1.807, 2.05) is 12.1 Å². The summed E-state index contributed by atoms with van der Waals surface area (Å²) >= 11 is 0. The Labute approximate surface area is 169 Å². The molecular weight excluding hydrogens is 344 g/mol. The predicted molar refractivity (Wildman–Crippen MR) is 118 cm³/mol. The summed E-state index contributed by atoms with van der Waals surface area (Å²) in [5, 5.41) is 0. The van der Waals surface area contributed by atoms with Crippen molar-refractivity contribution in [2.45, 2.75) is 66.7 Å². The van der Waals surface area contributed by atoms with Crippen molar-refractivity contribution >= 4 is 11.6 Å². The lowest BCUT2D eigenvalue weighted by molar-refractivity contribution is 0.0973. The van der Waals surface area contributed by atoms with Crippen LogP contribution in [0.4, 0.5) is 0 Å². The summed E-state index contributed by atoms with van der Waals surface area (Å²) in [6, 6.07) is 7.11. The molecule has 0 atom stereocenters. The van der Waals surface area contributed by atoms with E-state index in [4.69, 9.17) is 0 Å². The number of ketones is 2. The highest BCUT2D eigenvalue weighted by molar-refractivity contribution is 6.26. The molecule has 0 aliphatic heterocycles. The number of benzene rings is 1. The SMILES string of the molecule is CC(C)=CCC/C(C)=C/CC/C(C)=C/CC1=C(C)C(=O)c2ccccc2C1=O. The number of hydrogen-bond donors (Lipinski definition) is 0. The average molecular weight is 377 g/mol. The second-order valence-corrected chi connectivity index (χ2v) is 7.97. The normalized spacial score (nSPS) is 15.0. The highest BCUT2D eigenvalue weighted by Gasteiger charge is 2.28. The van der Waals surface area contributed by atoms with E-state index in [9.17, 15) is 9.59 Å². The lowest BCUT2D eigenvalue weighted by Crippen LogP contribution is -2.20. The Morgan fingerprint density at radius 3 is 1.93 bits per heavy atom. The van der Waals surface area contributed by atoms with Crippen LogP contribution in [-0.2, 0) is 0 Å². The highest BCUT2D eigenvalue weighted by Crippen LogP contribution is 2.28. The minimum atomic E-state index is -0.0221. The quantitative estimate of drug-likeness (QED) is 0.450. The number of fused-ring (bicyclic) bond motifs is 1. The maximum atomic E-state index is 12.8. The van der Waals surface area contributed by atoms with Gasteiger partial charge >= 0.3 is 0 Å². The lowest BCUT2D eigenvalue weighted by atomic mass is 9.83. The first-order valence-corrected chi connectivity index (χ1v) is 10.1. The van der Waals surface area contributed by atoms with Gasteiger partial charge in [-0.2, -0.15) is 0 Å². The molecule has 2 heteroatoms. The zero-order valence-electron chi connectivity index (χ0n) is 17.9. The fourth-order valence-corrected chi connectivity index (χ4v) is 3.41. The van der Waals surface area contributed by atoms with Crippen LogP contribution < -0.4 is 0 Å². The monoisotopic (exact) mass is 376 g/mol. The predicted octanol–water partition coefficient (Wildman–Crippen LogP) is 7.19. The molecule has 0 amide bonds. The Morgan fingerprint density at radius 2 is 1.32 bits per heavy atom. The molecule has 1 aliphatic carbocycles. The van der Waals surface area contributed by atoms with Crippen LogP contribution in [0.2, 0.25) is 0 Å². The van der Waals surface area contributed by atoms with Gasteiger partial charge in [-0.1, -0.05) is 59.2 Å². The van der Waals surface area contributed by atoms with Gasteiger partial charge in [-0.05, 0) is 66.7 Å². The molecule has 0 unspecified atom stereocenters. The topological polar surface area (TPSA) is 34.1 Å². The molecule has 2 nitrogen and oxygen atoms in total. The Bertz CT molecular complexity index is 871. The van der Waals surface area contributed by atoms with E-state index < -0.39 is 0 Å². The third kappa shape index (κ3) is 5.76. The van der Waals surface area contributed by atoms with Crippen LogP contribution in [0.15, 0.2) is 70.4 Å². The number of carbonyl (C=O) groups excluding carboxylic acids is 2. The van der Waals surface area contributed by atoms with Gasteiger partial charge < -0.3 is 0 Å². The molecule has 0 N–H and O–H groups in total. The summed E-state index contributed by atoms with van der Waals surface area (Å²) in [5.41, 5.74) is 6.34. The molecule has 1 aliphatic rings. The molecule has 0 saturated heterocycles. The third-order valence-corrected chi connectivity index (χ3v) is 5.26. The second kappa shape index (κ2) is 10.2. The molecule has 0 fully saturated rings. The summed E-state index contributed by atoms with van der Waals surface area (Å²) < 4.78 is 0. The van der Waals surface area contributed by atoms with Gasteiger partial charge in [-0.25, -0.2) is 0 Å². The Balaban J connectivity index is 1.96. The summed E-state index contributed by atoms with van der Waals surface area (Å²) in [6.45, 7) is 10.3. The average Bonchev–Trinajstić information content (AvgIpc) is 2.66. The number of hydrogen-bond acceptors (Lipinski definition) is 2. The minimum absolute atomic E-state index is 0.00763. The van der Waals surface area contributed by atoms with Crippen molar-refractivity contribution in [2.24, 2.45) is 0 Å². The van der Waals surface area contributed by atoms with Crippen LogP contribution in [0, 0.1) is 0 Å². The van der Waals surface area contributed by atoms with Crippen molar-refractivity contribution in [3.8, 4) is 0 Å². The van der Waals surface area contributed by atoms with Crippen molar-refractivity contribution in [2.75, 3.05) is 0 Å². The standard InChI is InChI=1S/C26H32O2/c1-18(2)10-8-11-19(3)12-9-13-20(4)16-17-22-21(5)25(27)23-14-6-7-15-24(23)26(22)28/h6-7,10,12,14-16H,8-9,11,13,17H2,1-5H3/b19-12+,20-16+. The molecule has 0 spiro atoms. The fourth-order valence-electron chi connectivity index (χ4n) is 3.41. The van der Waals surface area contributed by atoms with Gasteiger partial charge in [0.2, 0.25) is 0 Å². The molecule has 0 bridgehead atoms. The van der Waals surface area contributed by atoms with E-state index in [0.717, 1.165) is 25.7 Å². The van der Waals surface area contributed by atoms with Gasteiger partial charge in [0.15, 0.2) is 11.6 Å². The van der Waals surface area contributed by atoms with Gasteiger partial charge in [0.05, 0.1) is 0 Å². The van der Waals surface area contributed by atoms with Crippen LogP contribution in [0.1, 0.15) is 87.4 Å². The van der Waals surface area contributed by atoms with Gasteiger partial charge in [-0.3, -0.25) is 9.59 Å². The van der Waals surface area contributed by atoms with Crippen LogP contribution in [0.25, 0.3) is 0 Å². The van der Waals surface area contributed by atoms with E-state index in [1.54, 1.807) is 19.1 Å². The van der Waals surface area contributed by atoms with E-state index in [1.165, 1.54) is 16.7 Å². The number of allylic oxidation sites excluding steroid dienone is 8. The molecule has 0 saturated carbocycles. The summed E-state index contributed by atoms with van der Waals surface area (Å²) in [7, 11) is 0. The van der Waals surface area contributed by atoms with Crippen molar-refractivity contribution in [1.29, 1.82) is 0 Å². The number of Topliss-reactive ketones (excluding diaryl/α,β-unsaturated/α-hetero) is 2. The van der Waals surface area contributed by atoms with Gasteiger partial charge in [0.25, 0.3) is 0 Å². The largest absolute Gasteiger partial charge is 0.289 e. The van der Waals surface area contributed by atoms with Crippen molar-refractivity contribution in [3.63, 3.8) is 0 Å². The van der Waals surface area contributed by atoms with Gasteiger partial charge in [0.1, 0.15) is 0 Å². The molecule has 28 heavy (non-hydrogen) atoms. The number of rotatable bonds is 8.